The van der Waals surface area contributed by atoms with E-state index in [2.05, 4.69) is 15.1 Å². The lowest BCUT2D eigenvalue weighted by Gasteiger charge is -2.40. The van der Waals surface area contributed by atoms with Gasteiger partial charge in [-0.05, 0) is 43.7 Å². The van der Waals surface area contributed by atoms with Gasteiger partial charge in [0.2, 0.25) is 0 Å². The number of ether oxygens (including phenoxy) is 2. The minimum Gasteiger partial charge on any atom is -0.404 e. The number of rotatable bonds is 5. The molecule has 0 bridgehead atoms. The van der Waals surface area contributed by atoms with Crippen LogP contribution >= 0.6 is 11.6 Å². The number of fused-ring (bicyclic) bond motifs is 1. The third-order valence-corrected chi connectivity index (χ3v) is 7.35. The van der Waals surface area contributed by atoms with Crippen LogP contribution in [0.2, 0.25) is 5.02 Å². The third-order valence-electron chi connectivity index (χ3n) is 7.05. The largest absolute Gasteiger partial charge is 0.418 e. The summed E-state index contributed by atoms with van der Waals surface area (Å²) in [5.74, 6) is -2.65. The first-order chi connectivity index (χ1) is 19.8. The first kappa shape index (κ1) is 30.0. The molecule has 2 aliphatic rings. The van der Waals surface area contributed by atoms with E-state index in [1.165, 1.54) is 25.1 Å². The van der Waals surface area contributed by atoms with Crippen LogP contribution in [-0.4, -0.2) is 68.3 Å². The highest BCUT2D eigenvalue weighted by Gasteiger charge is 2.53. The molecule has 3 aromatic rings. The molecular formula is C27H25ClF5N5O4. The van der Waals surface area contributed by atoms with Gasteiger partial charge >= 0.3 is 6.18 Å². The lowest BCUT2D eigenvalue weighted by molar-refractivity contribution is -0.178. The molecule has 2 aromatic carbocycles. The summed E-state index contributed by atoms with van der Waals surface area (Å²) in [7, 11) is 0. The van der Waals surface area contributed by atoms with Gasteiger partial charge in [-0.25, -0.2) is 18.4 Å². The van der Waals surface area contributed by atoms with Gasteiger partial charge in [-0.3, -0.25) is 4.99 Å². The van der Waals surface area contributed by atoms with Gasteiger partial charge in [0.25, 0.3) is 0 Å². The standard InChI is InChI=1S/C27H25ClF5N5O4/c1-11-3-5-15(27(31,32)33)17(7-11)38-26(36-12(2)37-38)25-22(40)21(24-23(42-25)18(39)10-41-24)35-9-13(8-34)14-4-6-16(28)20(30)19(14)29/h3-9,18,21-25,39-40H,10,34H2,1-2H3/b13-8+,35-9?/t18?,21?,22?,23?,24-,25-/m1/s1. The maximum atomic E-state index is 14.6. The minimum atomic E-state index is -4.74. The first-order valence-electron chi connectivity index (χ1n) is 12.7. The van der Waals surface area contributed by atoms with E-state index in [1.54, 1.807) is 6.92 Å². The average molecular weight is 614 g/mol. The molecule has 42 heavy (non-hydrogen) atoms. The summed E-state index contributed by atoms with van der Waals surface area (Å²) in [4.78, 5) is 8.61. The van der Waals surface area contributed by atoms with Gasteiger partial charge in [0.05, 0.1) is 22.9 Å². The Kier molecular flexibility index (Phi) is 8.11. The molecule has 4 N–H and O–H groups in total. The van der Waals surface area contributed by atoms with E-state index in [1.807, 2.05) is 0 Å². The quantitative estimate of drug-likeness (QED) is 0.227. The fourth-order valence-corrected chi connectivity index (χ4v) is 5.20. The van der Waals surface area contributed by atoms with Crippen LogP contribution < -0.4 is 5.73 Å². The fourth-order valence-electron chi connectivity index (χ4n) is 5.06. The van der Waals surface area contributed by atoms with Crippen molar-refractivity contribution >= 4 is 23.4 Å². The van der Waals surface area contributed by atoms with Crippen LogP contribution in [0.1, 0.15) is 34.4 Å². The highest BCUT2D eigenvalue weighted by molar-refractivity contribution is 6.30. The van der Waals surface area contributed by atoms with Crippen molar-refractivity contribution in [3.63, 3.8) is 0 Å². The van der Waals surface area contributed by atoms with Crippen molar-refractivity contribution in [1.29, 1.82) is 0 Å². The van der Waals surface area contributed by atoms with Crippen molar-refractivity contribution in [2.24, 2.45) is 10.7 Å². The van der Waals surface area contributed by atoms with Gasteiger partial charge < -0.3 is 25.4 Å². The predicted octanol–water partition coefficient (Wildman–Crippen LogP) is 3.83. The molecule has 224 valence electrons. The maximum Gasteiger partial charge on any atom is 0.418 e. The molecular weight excluding hydrogens is 589 g/mol. The Labute approximate surface area is 241 Å². The second-order valence-corrected chi connectivity index (χ2v) is 10.3. The van der Waals surface area contributed by atoms with Crippen LogP contribution in [0.3, 0.4) is 0 Å². The average Bonchev–Trinajstić information content (AvgIpc) is 3.50. The zero-order valence-electron chi connectivity index (χ0n) is 22.1. The molecule has 1 aromatic heterocycles. The van der Waals surface area contributed by atoms with Crippen LogP contribution in [0, 0.1) is 25.5 Å². The van der Waals surface area contributed by atoms with E-state index in [0.29, 0.717) is 5.56 Å². The summed E-state index contributed by atoms with van der Waals surface area (Å²) in [5, 5.41) is 25.7. The van der Waals surface area contributed by atoms with Crippen LogP contribution in [0.25, 0.3) is 11.3 Å². The van der Waals surface area contributed by atoms with Gasteiger partial charge in [-0.2, -0.15) is 18.3 Å². The molecule has 0 radical (unpaired) electrons. The van der Waals surface area contributed by atoms with Crippen LogP contribution in [0.15, 0.2) is 41.5 Å². The zero-order valence-corrected chi connectivity index (χ0v) is 22.8. The number of hydrogen-bond acceptors (Lipinski definition) is 8. The number of aryl methyl sites for hydroxylation is 2. The summed E-state index contributed by atoms with van der Waals surface area (Å²) in [6, 6.07) is 4.63. The maximum absolute atomic E-state index is 14.6. The highest BCUT2D eigenvalue weighted by Crippen LogP contribution is 2.41. The molecule has 9 nitrogen and oxygen atoms in total. The van der Waals surface area contributed by atoms with Crippen molar-refractivity contribution in [2.75, 3.05) is 6.61 Å². The zero-order chi connectivity index (χ0) is 30.5. The molecule has 3 heterocycles. The molecule has 2 fully saturated rings. The fraction of sp³-hybridized carbons (Fsp3) is 0.370. The van der Waals surface area contributed by atoms with Crippen LogP contribution in [0.4, 0.5) is 22.0 Å². The summed E-state index contributed by atoms with van der Waals surface area (Å²) >= 11 is 5.64. The summed E-state index contributed by atoms with van der Waals surface area (Å²) in [5.41, 5.74) is 4.51. The molecule has 0 saturated carbocycles. The molecule has 6 atom stereocenters. The molecule has 0 spiro atoms. The van der Waals surface area contributed by atoms with Gasteiger partial charge in [0.15, 0.2) is 17.5 Å². The highest BCUT2D eigenvalue weighted by atomic mass is 35.5. The topological polar surface area (TPSA) is 128 Å². The van der Waals surface area contributed by atoms with Gasteiger partial charge in [0, 0.05) is 23.6 Å². The smallest absolute Gasteiger partial charge is 0.404 e. The number of aliphatic hydroxyl groups excluding tert-OH is 2. The first-order valence-corrected chi connectivity index (χ1v) is 13.0. The van der Waals surface area contributed by atoms with Crippen molar-refractivity contribution < 1.29 is 41.6 Å². The molecule has 15 heteroatoms. The second kappa shape index (κ2) is 11.3. The minimum absolute atomic E-state index is 0.0676. The number of aliphatic imine (C=N–C) groups is 1. The van der Waals surface area contributed by atoms with E-state index >= 15 is 0 Å². The van der Waals surface area contributed by atoms with E-state index < -0.39 is 65.0 Å². The van der Waals surface area contributed by atoms with Crippen LogP contribution in [-0.2, 0) is 15.7 Å². The Bertz CT molecular complexity index is 1560. The monoisotopic (exact) mass is 613 g/mol. The van der Waals surface area contributed by atoms with E-state index in [-0.39, 0.29) is 35.1 Å². The second-order valence-electron chi connectivity index (χ2n) is 9.94. The lowest BCUT2D eigenvalue weighted by Crippen LogP contribution is -2.54. The van der Waals surface area contributed by atoms with E-state index in [0.717, 1.165) is 29.2 Å². The molecule has 2 aliphatic heterocycles. The molecule has 0 amide bonds. The third kappa shape index (κ3) is 5.40. The van der Waals surface area contributed by atoms with Crippen molar-refractivity contribution in [3.05, 3.63) is 81.5 Å². The van der Waals surface area contributed by atoms with Crippen molar-refractivity contribution in [2.45, 2.75) is 56.6 Å². The number of alkyl halides is 3. The number of nitrogens with two attached hydrogens (primary N) is 1. The number of aromatic nitrogens is 3. The number of benzene rings is 2. The number of hydrogen-bond donors (Lipinski definition) is 3. The summed E-state index contributed by atoms with van der Waals surface area (Å²) < 4.78 is 83.1. The summed E-state index contributed by atoms with van der Waals surface area (Å²) in [6.07, 6.45) is -8.95. The summed E-state index contributed by atoms with van der Waals surface area (Å²) in [6.45, 7) is 2.89. The van der Waals surface area contributed by atoms with Crippen molar-refractivity contribution in [3.8, 4) is 5.69 Å². The van der Waals surface area contributed by atoms with Crippen molar-refractivity contribution in [1.82, 2.24) is 14.8 Å². The Balaban J connectivity index is 1.57. The Morgan fingerprint density at radius 2 is 1.88 bits per heavy atom. The molecule has 0 aliphatic carbocycles. The van der Waals surface area contributed by atoms with Gasteiger partial charge in [-0.15, -0.1) is 0 Å². The lowest BCUT2D eigenvalue weighted by atomic mass is 9.91. The number of aliphatic hydroxyl groups is 2. The molecule has 5 rings (SSSR count). The number of halogens is 6. The molecule has 2 saturated heterocycles. The predicted molar refractivity (Wildman–Crippen MR) is 141 cm³/mol. The normalized spacial score (nSPS) is 26.7. The number of allylic oxidation sites excluding steroid dienone is 1. The van der Waals surface area contributed by atoms with E-state index in [4.69, 9.17) is 26.8 Å². The van der Waals surface area contributed by atoms with E-state index in [9.17, 15) is 32.2 Å². The number of nitrogens with zero attached hydrogens (tertiary/aromatic N) is 4. The molecule has 4 unspecified atom stereocenters. The van der Waals surface area contributed by atoms with Gasteiger partial charge in [0.1, 0.15) is 42.4 Å². The van der Waals surface area contributed by atoms with Gasteiger partial charge in [-0.1, -0.05) is 17.7 Å². The Morgan fingerprint density at radius 3 is 2.57 bits per heavy atom. The SMILES string of the molecule is Cc1ccc(C(F)(F)F)c(-n2nc(C)nc2[C@@H]2OC3C(O)CO[C@@H]3C(N=C/C(=C\N)c3ccc(Cl)c(F)c3F)C2O)c1. The Hall–Kier alpha value is -3.43. The Morgan fingerprint density at radius 1 is 1.14 bits per heavy atom. The van der Waals surface area contributed by atoms with Crippen LogP contribution in [0.5, 0.6) is 0 Å².